The number of ether oxygens (including phenoxy) is 1. The molecule has 152 valence electrons. The SMILES string of the molecule is CC(=O)Nc1cc2c(-c3cc(C)nc(C(C)(F)F)n3)cn([C@@H]3CCOC3)c2cn1. The van der Waals surface area contributed by atoms with Crippen LogP contribution < -0.4 is 5.32 Å². The summed E-state index contributed by atoms with van der Waals surface area (Å²) < 4.78 is 35.4. The molecule has 7 nitrogen and oxygen atoms in total. The Balaban J connectivity index is 1.93. The van der Waals surface area contributed by atoms with Gasteiger partial charge in [-0.25, -0.2) is 15.0 Å². The summed E-state index contributed by atoms with van der Waals surface area (Å²) in [5, 5.41) is 3.43. The number of pyridine rings is 1. The number of fused-ring (bicyclic) bond motifs is 1. The van der Waals surface area contributed by atoms with Crippen molar-refractivity contribution in [1.29, 1.82) is 0 Å². The van der Waals surface area contributed by atoms with Gasteiger partial charge in [-0.1, -0.05) is 0 Å². The van der Waals surface area contributed by atoms with E-state index in [0.717, 1.165) is 24.2 Å². The molecule has 3 aromatic heterocycles. The van der Waals surface area contributed by atoms with E-state index in [9.17, 15) is 13.6 Å². The number of aryl methyl sites for hydroxylation is 1. The molecule has 0 spiro atoms. The molecule has 1 amide bonds. The molecule has 0 bridgehead atoms. The summed E-state index contributed by atoms with van der Waals surface area (Å²) in [6, 6.07) is 3.53. The van der Waals surface area contributed by atoms with E-state index in [1.54, 1.807) is 25.3 Å². The van der Waals surface area contributed by atoms with E-state index in [1.165, 1.54) is 6.92 Å². The van der Waals surface area contributed by atoms with Crippen LogP contribution in [0.2, 0.25) is 0 Å². The molecule has 3 aromatic rings. The third-order valence-electron chi connectivity index (χ3n) is 4.85. The van der Waals surface area contributed by atoms with Gasteiger partial charge in [0.05, 0.1) is 30.1 Å². The van der Waals surface area contributed by atoms with Crippen molar-refractivity contribution in [2.24, 2.45) is 0 Å². The number of nitrogens with zero attached hydrogens (tertiary/aromatic N) is 4. The van der Waals surface area contributed by atoms with Crippen LogP contribution in [0.1, 0.15) is 37.8 Å². The first-order valence-corrected chi connectivity index (χ1v) is 9.32. The molecule has 4 rings (SSSR count). The van der Waals surface area contributed by atoms with Gasteiger partial charge in [0.25, 0.3) is 0 Å². The van der Waals surface area contributed by atoms with E-state index < -0.39 is 11.7 Å². The van der Waals surface area contributed by atoms with E-state index in [1.807, 2.05) is 10.8 Å². The Morgan fingerprint density at radius 3 is 2.79 bits per heavy atom. The fourth-order valence-electron chi connectivity index (χ4n) is 3.55. The number of hydrogen-bond donors (Lipinski definition) is 1. The lowest BCUT2D eigenvalue weighted by Gasteiger charge is -2.12. The molecule has 1 saturated heterocycles. The molecule has 1 N–H and O–H groups in total. The number of aromatic nitrogens is 4. The lowest BCUT2D eigenvalue weighted by Crippen LogP contribution is -2.13. The lowest BCUT2D eigenvalue weighted by atomic mass is 10.1. The Hall–Kier alpha value is -2.94. The monoisotopic (exact) mass is 401 g/mol. The molecule has 9 heteroatoms. The Labute approximate surface area is 166 Å². The number of nitrogens with one attached hydrogen (secondary N) is 1. The summed E-state index contributed by atoms with van der Waals surface area (Å²) in [5.41, 5.74) is 2.35. The van der Waals surface area contributed by atoms with Crippen LogP contribution in [0.3, 0.4) is 0 Å². The van der Waals surface area contributed by atoms with Crippen molar-refractivity contribution in [1.82, 2.24) is 19.5 Å². The highest BCUT2D eigenvalue weighted by Crippen LogP contribution is 2.36. The normalized spacial score (nSPS) is 17.1. The van der Waals surface area contributed by atoms with Crippen LogP contribution in [0.4, 0.5) is 14.6 Å². The second kappa shape index (κ2) is 7.14. The highest BCUT2D eigenvalue weighted by molar-refractivity contribution is 5.98. The molecule has 29 heavy (non-hydrogen) atoms. The number of amides is 1. The van der Waals surface area contributed by atoms with Crippen molar-refractivity contribution < 1.29 is 18.3 Å². The van der Waals surface area contributed by atoms with Crippen LogP contribution in [0.5, 0.6) is 0 Å². The van der Waals surface area contributed by atoms with Crippen LogP contribution in [0, 0.1) is 6.92 Å². The molecule has 0 unspecified atom stereocenters. The third-order valence-corrected chi connectivity index (χ3v) is 4.85. The van der Waals surface area contributed by atoms with Crippen LogP contribution >= 0.6 is 0 Å². The van der Waals surface area contributed by atoms with Gasteiger partial charge in [-0.2, -0.15) is 8.78 Å². The number of alkyl halides is 2. The zero-order chi connectivity index (χ0) is 20.8. The van der Waals surface area contributed by atoms with Crippen molar-refractivity contribution in [2.45, 2.75) is 39.2 Å². The van der Waals surface area contributed by atoms with E-state index in [4.69, 9.17) is 4.74 Å². The summed E-state index contributed by atoms with van der Waals surface area (Å²) in [6.45, 7) is 5.07. The van der Waals surface area contributed by atoms with Crippen LogP contribution in [0.25, 0.3) is 22.2 Å². The van der Waals surface area contributed by atoms with E-state index in [2.05, 4.69) is 20.3 Å². The first-order valence-electron chi connectivity index (χ1n) is 9.32. The quantitative estimate of drug-likeness (QED) is 0.718. The molecule has 0 radical (unpaired) electrons. The average Bonchev–Trinajstić information content (AvgIpc) is 3.27. The number of anilines is 1. The van der Waals surface area contributed by atoms with Crippen LogP contribution in [-0.2, 0) is 15.5 Å². The summed E-state index contributed by atoms with van der Waals surface area (Å²) in [7, 11) is 0. The molecule has 1 atom stereocenters. The van der Waals surface area contributed by atoms with Gasteiger partial charge < -0.3 is 14.6 Å². The number of hydrogen-bond acceptors (Lipinski definition) is 5. The van der Waals surface area contributed by atoms with E-state index in [-0.39, 0.29) is 11.9 Å². The first kappa shape index (κ1) is 19.4. The molecular formula is C20H21F2N5O2. The maximum Gasteiger partial charge on any atom is 0.303 e. The Morgan fingerprint density at radius 1 is 1.34 bits per heavy atom. The second-order valence-corrected chi connectivity index (χ2v) is 7.34. The fraction of sp³-hybridized carbons (Fsp3) is 0.400. The Kier molecular flexibility index (Phi) is 4.77. The smallest absolute Gasteiger partial charge is 0.303 e. The van der Waals surface area contributed by atoms with Crippen molar-refractivity contribution in [3.63, 3.8) is 0 Å². The van der Waals surface area contributed by atoms with Crippen molar-refractivity contribution in [2.75, 3.05) is 18.5 Å². The van der Waals surface area contributed by atoms with Crippen molar-refractivity contribution in [3.05, 3.63) is 36.0 Å². The number of carbonyl (C=O) groups excluding carboxylic acids is 1. The maximum absolute atomic E-state index is 13.9. The third kappa shape index (κ3) is 3.82. The Morgan fingerprint density at radius 2 is 2.14 bits per heavy atom. The highest BCUT2D eigenvalue weighted by atomic mass is 19.3. The fourth-order valence-corrected chi connectivity index (χ4v) is 3.55. The molecule has 0 aliphatic carbocycles. The van der Waals surface area contributed by atoms with Gasteiger partial charge >= 0.3 is 5.92 Å². The minimum Gasteiger partial charge on any atom is -0.379 e. The topological polar surface area (TPSA) is 81.9 Å². The molecule has 0 saturated carbocycles. The standard InChI is InChI=1S/C20H21F2N5O2/c1-11-6-16(26-19(24-11)20(3,21)22)15-9-27(13-4-5-29-10-13)17-8-23-18(7-14(15)17)25-12(2)28/h6-9,13H,4-5,10H2,1-3H3,(H,23,25,28)/t13-/m1/s1. The predicted molar refractivity (Wildman–Crippen MR) is 104 cm³/mol. The van der Waals surface area contributed by atoms with Gasteiger partial charge in [0.1, 0.15) is 5.82 Å². The molecule has 4 heterocycles. The minimum atomic E-state index is -3.15. The number of rotatable bonds is 4. The summed E-state index contributed by atoms with van der Waals surface area (Å²) >= 11 is 0. The average molecular weight is 401 g/mol. The van der Waals surface area contributed by atoms with Crippen LogP contribution in [-0.4, -0.2) is 38.6 Å². The zero-order valence-corrected chi connectivity index (χ0v) is 16.4. The molecule has 1 fully saturated rings. The maximum atomic E-state index is 13.9. The van der Waals surface area contributed by atoms with E-state index in [0.29, 0.717) is 36.0 Å². The zero-order valence-electron chi connectivity index (χ0n) is 16.4. The summed E-state index contributed by atoms with van der Waals surface area (Å²) in [6.07, 6.45) is 4.41. The van der Waals surface area contributed by atoms with Gasteiger partial charge in [-0.15, -0.1) is 0 Å². The van der Waals surface area contributed by atoms with Crippen LogP contribution in [0.15, 0.2) is 24.5 Å². The number of carbonyl (C=O) groups is 1. The van der Waals surface area contributed by atoms with Crippen molar-refractivity contribution >= 4 is 22.6 Å². The highest BCUT2D eigenvalue weighted by Gasteiger charge is 2.30. The Bertz CT molecular complexity index is 1080. The molecule has 1 aliphatic rings. The lowest BCUT2D eigenvalue weighted by molar-refractivity contribution is -0.114. The first-order chi connectivity index (χ1) is 13.7. The van der Waals surface area contributed by atoms with Gasteiger partial charge in [-0.3, -0.25) is 4.79 Å². The van der Waals surface area contributed by atoms with Gasteiger partial charge in [0.2, 0.25) is 5.91 Å². The summed E-state index contributed by atoms with van der Waals surface area (Å²) in [5.74, 6) is -3.53. The van der Waals surface area contributed by atoms with Crippen molar-refractivity contribution in [3.8, 4) is 11.3 Å². The van der Waals surface area contributed by atoms with Gasteiger partial charge in [0.15, 0.2) is 5.82 Å². The summed E-state index contributed by atoms with van der Waals surface area (Å²) in [4.78, 5) is 23.8. The number of halogens is 2. The van der Waals surface area contributed by atoms with E-state index >= 15 is 0 Å². The largest absolute Gasteiger partial charge is 0.379 e. The molecule has 1 aliphatic heterocycles. The molecular weight excluding hydrogens is 380 g/mol. The molecule has 0 aromatic carbocycles. The van der Waals surface area contributed by atoms with Gasteiger partial charge in [0, 0.05) is 43.3 Å². The predicted octanol–water partition coefficient (Wildman–Crippen LogP) is 3.83. The second-order valence-electron chi connectivity index (χ2n) is 7.34. The van der Waals surface area contributed by atoms with Gasteiger partial charge in [-0.05, 0) is 25.5 Å². The minimum absolute atomic E-state index is 0.120.